The monoisotopic (exact) mass is 389 g/mol. The van der Waals surface area contributed by atoms with Crippen molar-refractivity contribution in [3.8, 4) is 5.69 Å². The highest BCUT2D eigenvalue weighted by atomic mass is 16.3. The van der Waals surface area contributed by atoms with Gasteiger partial charge in [-0.1, -0.05) is 63.2 Å². The minimum Gasteiger partial charge on any atom is -0.456 e. The standard InChI is InChI=1S/C28H23NO/c1-28(2,3)18-13-14-24-21(15-18)22-16-23-20-11-7-8-12-26(20)30-27(23)17-25(22)29(24)19-9-5-4-6-10-19/h4-17H,1-3H3. The Hall–Kier alpha value is -3.52. The molecule has 0 saturated heterocycles. The van der Waals surface area contributed by atoms with Gasteiger partial charge in [0.2, 0.25) is 0 Å². The second-order valence-corrected chi connectivity index (χ2v) is 9.12. The molecule has 0 aliphatic heterocycles. The number of para-hydroxylation sites is 2. The maximum Gasteiger partial charge on any atom is 0.137 e. The second-order valence-electron chi connectivity index (χ2n) is 9.12. The van der Waals surface area contributed by atoms with Gasteiger partial charge in [-0.2, -0.15) is 0 Å². The molecule has 2 nitrogen and oxygen atoms in total. The van der Waals surface area contributed by atoms with Crippen LogP contribution in [0, 0.1) is 0 Å². The van der Waals surface area contributed by atoms with E-state index in [1.165, 1.54) is 38.1 Å². The van der Waals surface area contributed by atoms with Crippen molar-refractivity contribution < 1.29 is 4.42 Å². The molecule has 6 aromatic rings. The number of benzene rings is 4. The summed E-state index contributed by atoms with van der Waals surface area (Å²) in [5, 5.41) is 4.89. The van der Waals surface area contributed by atoms with Gasteiger partial charge in [-0.25, -0.2) is 0 Å². The van der Waals surface area contributed by atoms with Crippen LogP contribution in [0.5, 0.6) is 0 Å². The number of rotatable bonds is 1. The fourth-order valence-corrected chi connectivity index (χ4v) is 4.56. The molecule has 0 aliphatic carbocycles. The zero-order valence-corrected chi connectivity index (χ0v) is 17.4. The van der Waals surface area contributed by atoms with E-state index in [9.17, 15) is 0 Å². The highest BCUT2D eigenvalue weighted by Crippen LogP contribution is 2.39. The van der Waals surface area contributed by atoms with E-state index in [-0.39, 0.29) is 5.41 Å². The lowest BCUT2D eigenvalue weighted by Gasteiger charge is -2.19. The molecule has 146 valence electrons. The first-order chi connectivity index (χ1) is 14.5. The molecule has 0 bridgehead atoms. The van der Waals surface area contributed by atoms with Gasteiger partial charge in [-0.3, -0.25) is 0 Å². The van der Waals surface area contributed by atoms with Crippen molar-refractivity contribution >= 4 is 43.7 Å². The van der Waals surface area contributed by atoms with Gasteiger partial charge in [0.15, 0.2) is 0 Å². The van der Waals surface area contributed by atoms with E-state index < -0.39 is 0 Å². The molecule has 0 radical (unpaired) electrons. The number of fused-ring (bicyclic) bond motifs is 6. The van der Waals surface area contributed by atoms with Crippen LogP contribution in [0.25, 0.3) is 49.4 Å². The van der Waals surface area contributed by atoms with E-state index in [2.05, 4.69) is 98.1 Å². The summed E-state index contributed by atoms with van der Waals surface area (Å²) in [7, 11) is 0. The lowest BCUT2D eigenvalue weighted by atomic mass is 9.86. The largest absolute Gasteiger partial charge is 0.456 e. The molecule has 2 heteroatoms. The van der Waals surface area contributed by atoms with Gasteiger partial charge in [-0.15, -0.1) is 0 Å². The van der Waals surface area contributed by atoms with Gasteiger partial charge in [0.05, 0.1) is 11.0 Å². The molecule has 2 heterocycles. The topological polar surface area (TPSA) is 18.1 Å². The number of furan rings is 1. The average molecular weight is 389 g/mol. The van der Waals surface area contributed by atoms with Crippen molar-refractivity contribution in [1.82, 2.24) is 4.57 Å². The summed E-state index contributed by atoms with van der Waals surface area (Å²) < 4.78 is 8.56. The highest BCUT2D eigenvalue weighted by molar-refractivity contribution is 6.17. The summed E-state index contributed by atoms with van der Waals surface area (Å²) in [5.74, 6) is 0. The molecule has 0 spiro atoms. The predicted octanol–water partition coefficient (Wildman–Crippen LogP) is 7.98. The maximum atomic E-state index is 6.21. The van der Waals surface area contributed by atoms with Crippen molar-refractivity contribution in [3.05, 3.63) is 90.5 Å². The minimum atomic E-state index is 0.0990. The zero-order valence-electron chi connectivity index (χ0n) is 17.4. The van der Waals surface area contributed by atoms with Gasteiger partial charge in [0.1, 0.15) is 11.2 Å². The van der Waals surface area contributed by atoms with Crippen LogP contribution in [-0.2, 0) is 5.41 Å². The highest BCUT2D eigenvalue weighted by Gasteiger charge is 2.19. The van der Waals surface area contributed by atoms with Crippen LogP contribution in [0.15, 0.2) is 89.3 Å². The number of nitrogens with zero attached hydrogens (tertiary/aromatic N) is 1. The summed E-state index contributed by atoms with van der Waals surface area (Å²) in [6.45, 7) is 6.81. The number of hydrogen-bond acceptors (Lipinski definition) is 1. The van der Waals surface area contributed by atoms with Gasteiger partial charge < -0.3 is 8.98 Å². The van der Waals surface area contributed by atoms with E-state index in [4.69, 9.17) is 4.42 Å². The van der Waals surface area contributed by atoms with Crippen LogP contribution in [0.4, 0.5) is 0 Å². The van der Waals surface area contributed by atoms with Gasteiger partial charge in [0.25, 0.3) is 0 Å². The van der Waals surface area contributed by atoms with Gasteiger partial charge in [0, 0.05) is 33.3 Å². The first-order valence-corrected chi connectivity index (χ1v) is 10.5. The van der Waals surface area contributed by atoms with Crippen molar-refractivity contribution in [3.63, 3.8) is 0 Å². The van der Waals surface area contributed by atoms with E-state index in [1.54, 1.807) is 0 Å². The van der Waals surface area contributed by atoms with E-state index in [1.807, 2.05) is 12.1 Å². The Morgan fingerprint density at radius 2 is 1.33 bits per heavy atom. The molecule has 2 aromatic heterocycles. The van der Waals surface area contributed by atoms with Crippen molar-refractivity contribution in [2.24, 2.45) is 0 Å². The second kappa shape index (κ2) is 5.99. The fourth-order valence-electron chi connectivity index (χ4n) is 4.56. The molecule has 0 atom stereocenters. The predicted molar refractivity (Wildman–Crippen MR) is 127 cm³/mol. The van der Waals surface area contributed by atoms with Crippen LogP contribution in [-0.4, -0.2) is 4.57 Å². The number of hydrogen-bond donors (Lipinski definition) is 0. The van der Waals surface area contributed by atoms with Crippen molar-refractivity contribution in [1.29, 1.82) is 0 Å². The molecular weight excluding hydrogens is 366 g/mol. The van der Waals surface area contributed by atoms with E-state index in [0.29, 0.717) is 0 Å². The molecule has 4 aromatic carbocycles. The smallest absolute Gasteiger partial charge is 0.137 e. The molecule has 0 unspecified atom stereocenters. The third kappa shape index (κ3) is 2.43. The summed E-state index contributed by atoms with van der Waals surface area (Å²) in [5.41, 5.74) is 6.87. The van der Waals surface area contributed by atoms with Crippen molar-refractivity contribution in [2.75, 3.05) is 0 Å². The molecular formula is C28H23NO. The first kappa shape index (κ1) is 17.3. The Morgan fingerprint density at radius 3 is 2.13 bits per heavy atom. The summed E-state index contributed by atoms with van der Waals surface area (Å²) in [6, 6.07) is 30.3. The first-order valence-electron chi connectivity index (χ1n) is 10.5. The molecule has 0 saturated carbocycles. The Kier molecular flexibility index (Phi) is 3.47. The third-order valence-corrected chi connectivity index (χ3v) is 6.14. The average Bonchev–Trinajstić information content (AvgIpc) is 3.26. The zero-order chi connectivity index (χ0) is 20.5. The molecule has 0 fully saturated rings. The number of aromatic nitrogens is 1. The Bertz CT molecular complexity index is 1560. The minimum absolute atomic E-state index is 0.0990. The lowest BCUT2D eigenvalue weighted by Crippen LogP contribution is -2.10. The Labute approximate surface area is 175 Å². The Morgan fingerprint density at radius 1 is 0.600 bits per heavy atom. The summed E-state index contributed by atoms with van der Waals surface area (Å²) >= 11 is 0. The molecule has 0 N–H and O–H groups in total. The quantitative estimate of drug-likeness (QED) is 0.279. The SMILES string of the molecule is CC(C)(C)c1ccc2c(c1)c1cc3c(cc1n2-c1ccccc1)oc1ccccc13. The van der Waals surface area contributed by atoms with Crippen LogP contribution < -0.4 is 0 Å². The molecule has 6 rings (SSSR count). The van der Waals surface area contributed by atoms with Crippen molar-refractivity contribution in [2.45, 2.75) is 26.2 Å². The molecule has 30 heavy (non-hydrogen) atoms. The molecule has 0 aliphatic rings. The van der Waals surface area contributed by atoms with E-state index >= 15 is 0 Å². The lowest BCUT2D eigenvalue weighted by molar-refractivity contribution is 0.591. The van der Waals surface area contributed by atoms with Crippen LogP contribution in [0.1, 0.15) is 26.3 Å². The van der Waals surface area contributed by atoms with E-state index in [0.717, 1.165) is 16.9 Å². The van der Waals surface area contributed by atoms with Gasteiger partial charge >= 0.3 is 0 Å². The van der Waals surface area contributed by atoms with Gasteiger partial charge in [-0.05, 0) is 47.4 Å². The third-order valence-electron chi connectivity index (χ3n) is 6.14. The fraction of sp³-hybridized carbons (Fsp3) is 0.143. The molecule has 0 amide bonds. The summed E-state index contributed by atoms with van der Waals surface area (Å²) in [6.07, 6.45) is 0. The normalized spacial score (nSPS) is 12.5. The van der Waals surface area contributed by atoms with Crippen LogP contribution in [0.3, 0.4) is 0 Å². The van der Waals surface area contributed by atoms with Crippen LogP contribution in [0.2, 0.25) is 0 Å². The maximum absolute atomic E-state index is 6.21. The summed E-state index contributed by atoms with van der Waals surface area (Å²) in [4.78, 5) is 0. The Balaban J connectivity index is 1.81. The van der Waals surface area contributed by atoms with Crippen LogP contribution >= 0.6 is 0 Å².